The molecule has 0 aliphatic carbocycles. The lowest BCUT2D eigenvalue weighted by molar-refractivity contribution is -0.0340. The van der Waals surface area contributed by atoms with E-state index in [1.807, 2.05) is 0 Å². The van der Waals surface area contributed by atoms with Crippen LogP contribution < -0.4 is 0 Å². The number of alkyl halides is 1. The first-order chi connectivity index (χ1) is 10.2. The number of aryl methyl sites for hydroxylation is 1. The first-order valence-electron chi connectivity index (χ1n) is 7.57. The Kier molecular flexibility index (Phi) is 4.48. The SMILES string of the molecule is CCN1CCOC(Cn2c(CCl)nc3c(C)cccc32)C1. The van der Waals surface area contributed by atoms with Crippen LogP contribution in [-0.2, 0) is 17.2 Å². The number of benzene rings is 1. The second-order valence-electron chi connectivity index (χ2n) is 5.60. The van der Waals surface area contributed by atoms with E-state index in [0.717, 1.165) is 49.6 Å². The Morgan fingerprint density at radius 3 is 3.05 bits per heavy atom. The Hall–Kier alpha value is -1.10. The normalized spacial score (nSPS) is 20.2. The third-order valence-electron chi connectivity index (χ3n) is 4.24. The number of rotatable bonds is 4. The maximum atomic E-state index is 6.09. The molecule has 0 N–H and O–H groups in total. The molecular formula is C16H22ClN3O. The molecule has 2 aromatic rings. The van der Waals surface area contributed by atoms with Crippen molar-refractivity contribution in [2.45, 2.75) is 32.4 Å². The van der Waals surface area contributed by atoms with E-state index >= 15 is 0 Å². The van der Waals surface area contributed by atoms with Gasteiger partial charge in [-0.25, -0.2) is 4.98 Å². The Balaban J connectivity index is 1.90. The highest BCUT2D eigenvalue weighted by molar-refractivity contribution is 6.16. The fourth-order valence-electron chi connectivity index (χ4n) is 3.02. The molecule has 3 rings (SSSR count). The number of para-hydroxylation sites is 1. The van der Waals surface area contributed by atoms with Crippen LogP contribution in [0.5, 0.6) is 0 Å². The van der Waals surface area contributed by atoms with E-state index in [-0.39, 0.29) is 6.10 Å². The van der Waals surface area contributed by atoms with Gasteiger partial charge in [0.2, 0.25) is 0 Å². The van der Waals surface area contributed by atoms with Crippen LogP contribution in [0.4, 0.5) is 0 Å². The van der Waals surface area contributed by atoms with Crippen LogP contribution in [0.3, 0.4) is 0 Å². The molecule has 0 saturated carbocycles. The number of nitrogens with zero attached hydrogens (tertiary/aromatic N) is 3. The molecule has 2 heterocycles. The number of likely N-dealkylation sites (N-methyl/N-ethyl adjacent to an activating group) is 1. The lowest BCUT2D eigenvalue weighted by Crippen LogP contribution is -2.44. The first-order valence-corrected chi connectivity index (χ1v) is 8.11. The van der Waals surface area contributed by atoms with E-state index < -0.39 is 0 Å². The Morgan fingerprint density at radius 1 is 1.43 bits per heavy atom. The van der Waals surface area contributed by atoms with Crippen LogP contribution >= 0.6 is 11.6 Å². The molecule has 0 bridgehead atoms. The van der Waals surface area contributed by atoms with E-state index in [1.54, 1.807) is 0 Å². The molecule has 1 aromatic heterocycles. The molecule has 1 aromatic carbocycles. The molecule has 0 radical (unpaired) electrons. The van der Waals surface area contributed by atoms with E-state index in [2.05, 4.69) is 41.5 Å². The van der Waals surface area contributed by atoms with Crippen molar-refractivity contribution >= 4 is 22.6 Å². The summed E-state index contributed by atoms with van der Waals surface area (Å²) >= 11 is 6.09. The monoisotopic (exact) mass is 307 g/mol. The van der Waals surface area contributed by atoms with Crippen molar-refractivity contribution in [2.75, 3.05) is 26.2 Å². The highest BCUT2D eigenvalue weighted by atomic mass is 35.5. The molecular weight excluding hydrogens is 286 g/mol. The van der Waals surface area contributed by atoms with Crippen LogP contribution in [0.25, 0.3) is 11.0 Å². The summed E-state index contributed by atoms with van der Waals surface area (Å²) in [6, 6.07) is 6.29. The molecule has 1 saturated heterocycles. The van der Waals surface area contributed by atoms with Gasteiger partial charge < -0.3 is 9.30 Å². The van der Waals surface area contributed by atoms with Gasteiger partial charge >= 0.3 is 0 Å². The number of halogens is 1. The largest absolute Gasteiger partial charge is 0.374 e. The van der Waals surface area contributed by atoms with Crippen molar-refractivity contribution in [1.82, 2.24) is 14.5 Å². The van der Waals surface area contributed by atoms with Crippen LogP contribution in [0.15, 0.2) is 18.2 Å². The van der Waals surface area contributed by atoms with Crippen molar-refractivity contribution in [1.29, 1.82) is 0 Å². The topological polar surface area (TPSA) is 30.3 Å². The molecule has 0 spiro atoms. The maximum absolute atomic E-state index is 6.09. The van der Waals surface area contributed by atoms with Gasteiger partial charge in [0.15, 0.2) is 0 Å². The summed E-state index contributed by atoms with van der Waals surface area (Å²) in [7, 11) is 0. The van der Waals surface area contributed by atoms with Gasteiger partial charge in [-0.05, 0) is 25.1 Å². The van der Waals surface area contributed by atoms with Gasteiger partial charge in [-0.2, -0.15) is 0 Å². The number of morpholine rings is 1. The van der Waals surface area contributed by atoms with E-state index in [0.29, 0.717) is 5.88 Å². The van der Waals surface area contributed by atoms with Crippen molar-refractivity contribution in [2.24, 2.45) is 0 Å². The minimum absolute atomic E-state index is 0.207. The molecule has 5 heteroatoms. The summed E-state index contributed by atoms with van der Waals surface area (Å²) in [5.41, 5.74) is 3.40. The van der Waals surface area contributed by atoms with E-state index in [9.17, 15) is 0 Å². The van der Waals surface area contributed by atoms with E-state index in [4.69, 9.17) is 21.3 Å². The lowest BCUT2D eigenvalue weighted by atomic mass is 10.2. The minimum Gasteiger partial charge on any atom is -0.374 e. The molecule has 1 atom stereocenters. The average molecular weight is 308 g/mol. The molecule has 114 valence electrons. The highest BCUT2D eigenvalue weighted by Gasteiger charge is 2.22. The number of ether oxygens (including phenoxy) is 1. The molecule has 1 aliphatic heterocycles. The fourth-order valence-corrected chi connectivity index (χ4v) is 3.23. The third-order valence-corrected chi connectivity index (χ3v) is 4.47. The predicted molar refractivity (Wildman–Crippen MR) is 85.9 cm³/mol. The average Bonchev–Trinajstić information content (AvgIpc) is 2.87. The second kappa shape index (κ2) is 6.34. The zero-order valence-corrected chi connectivity index (χ0v) is 13.4. The smallest absolute Gasteiger partial charge is 0.124 e. The molecule has 21 heavy (non-hydrogen) atoms. The Bertz CT molecular complexity index is 625. The van der Waals surface area contributed by atoms with Gasteiger partial charge in [0, 0.05) is 13.1 Å². The van der Waals surface area contributed by atoms with Crippen LogP contribution in [-0.4, -0.2) is 46.8 Å². The highest BCUT2D eigenvalue weighted by Crippen LogP contribution is 2.22. The van der Waals surface area contributed by atoms with Gasteiger partial charge in [0.25, 0.3) is 0 Å². The molecule has 4 nitrogen and oxygen atoms in total. The fraction of sp³-hybridized carbons (Fsp3) is 0.562. The summed E-state index contributed by atoms with van der Waals surface area (Å²) in [6.45, 7) is 8.99. The van der Waals surface area contributed by atoms with Gasteiger partial charge in [-0.1, -0.05) is 19.1 Å². The Labute approximate surface area is 130 Å². The molecule has 0 amide bonds. The predicted octanol–water partition coefficient (Wildman–Crippen LogP) is 2.80. The van der Waals surface area contributed by atoms with Crippen LogP contribution in [0.1, 0.15) is 18.3 Å². The molecule has 1 aliphatic rings. The number of imidazole rings is 1. The minimum atomic E-state index is 0.207. The zero-order chi connectivity index (χ0) is 14.8. The van der Waals surface area contributed by atoms with Crippen LogP contribution in [0.2, 0.25) is 0 Å². The zero-order valence-electron chi connectivity index (χ0n) is 12.7. The number of fused-ring (bicyclic) bond motifs is 1. The standard InChI is InChI=1S/C16H22ClN3O/c1-3-19-7-8-21-13(10-19)11-20-14-6-4-5-12(2)16(14)18-15(20)9-17/h4-6,13H,3,7-11H2,1-2H3. The second-order valence-corrected chi connectivity index (χ2v) is 5.87. The molecule has 1 fully saturated rings. The van der Waals surface area contributed by atoms with Gasteiger partial charge in [-0.3, -0.25) is 4.90 Å². The summed E-state index contributed by atoms with van der Waals surface area (Å²) in [4.78, 5) is 7.13. The summed E-state index contributed by atoms with van der Waals surface area (Å²) in [5, 5.41) is 0. The Morgan fingerprint density at radius 2 is 2.29 bits per heavy atom. The van der Waals surface area contributed by atoms with Gasteiger partial charge in [-0.15, -0.1) is 11.6 Å². The number of hydrogen-bond acceptors (Lipinski definition) is 3. The van der Waals surface area contributed by atoms with E-state index in [1.165, 1.54) is 5.56 Å². The number of hydrogen-bond donors (Lipinski definition) is 0. The summed E-state index contributed by atoms with van der Waals surface area (Å²) in [6.07, 6.45) is 0.207. The van der Waals surface area contributed by atoms with Gasteiger partial charge in [0.1, 0.15) is 5.82 Å². The molecule has 1 unspecified atom stereocenters. The maximum Gasteiger partial charge on any atom is 0.124 e. The quantitative estimate of drug-likeness (QED) is 0.814. The van der Waals surface area contributed by atoms with Crippen molar-refractivity contribution in [3.63, 3.8) is 0 Å². The first kappa shape index (κ1) is 14.8. The lowest BCUT2D eigenvalue weighted by Gasteiger charge is -2.32. The number of aromatic nitrogens is 2. The third kappa shape index (κ3) is 2.93. The summed E-state index contributed by atoms with van der Waals surface area (Å²) < 4.78 is 8.15. The van der Waals surface area contributed by atoms with Crippen molar-refractivity contribution < 1.29 is 4.74 Å². The summed E-state index contributed by atoms with van der Waals surface area (Å²) in [5.74, 6) is 1.36. The van der Waals surface area contributed by atoms with Crippen molar-refractivity contribution in [3.8, 4) is 0 Å². The van der Waals surface area contributed by atoms with Gasteiger partial charge in [0.05, 0.1) is 36.2 Å². The van der Waals surface area contributed by atoms with Crippen molar-refractivity contribution in [3.05, 3.63) is 29.6 Å². The van der Waals surface area contributed by atoms with Crippen LogP contribution in [0, 0.1) is 6.92 Å².